The molecule has 0 aliphatic rings. The molecule has 0 fully saturated rings. The fourth-order valence-electron chi connectivity index (χ4n) is 8.98. The van der Waals surface area contributed by atoms with Crippen LogP contribution in [0.2, 0.25) is 0 Å². The fraction of sp³-hybridized carbons (Fsp3) is 0. The molecule has 0 saturated carbocycles. The van der Waals surface area contributed by atoms with E-state index in [1.54, 1.807) is 0 Å². The monoisotopic (exact) mass is 734 g/mol. The zero-order valence-corrected chi connectivity index (χ0v) is 31.9. The predicted molar refractivity (Wildman–Crippen MR) is 249 cm³/mol. The summed E-state index contributed by atoms with van der Waals surface area (Å²) in [4.78, 5) is 0. The van der Waals surface area contributed by atoms with Gasteiger partial charge >= 0.3 is 0 Å². The molecule has 0 saturated heterocycles. The van der Waals surface area contributed by atoms with Crippen molar-refractivity contribution in [3.63, 3.8) is 0 Å². The fourth-order valence-corrected chi connectivity index (χ4v) is 8.98. The molecule has 0 nitrogen and oxygen atoms in total. The van der Waals surface area contributed by atoms with Crippen molar-refractivity contribution in [1.29, 1.82) is 0 Å². The molecule has 58 heavy (non-hydrogen) atoms. The largest absolute Gasteiger partial charge is 0.0622 e. The first-order chi connectivity index (χ1) is 28.7. The van der Waals surface area contributed by atoms with Crippen molar-refractivity contribution >= 4 is 43.1 Å². The summed E-state index contributed by atoms with van der Waals surface area (Å²) in [7, 11) is 0. The Bertz CT molecular complexity index is 3290. The van der Waals surface area contributed by atoms with Gasteiger partial charge in [-0.05, 0) is 122 Å². The Hall–Kier alpha value is -7.54. The lowest BCUT2D eigenvalue weighted by Crippen LogP contribution is -1.88. The molecule has 11 rings (SSSR count). The maximum atomic E-state index is 2.34. The minimum absolute atomic E-state index is 1.22. The summed E-state index contributed by atoms with van der Waals surface area (Å²) in [5, 5.41) is 10.1. The summed E-state index contributed by atoms with van der Waals surface area (Å²) in [6.07, 6.45) is 0. The summed E-state index contributed by atoms with van der Waals surface area (Å²) < 4.78 is 0. The first-order valence-electron chi connectivity index (χ1n) is 20.1. The van der Waals surface area contributed by atoms with Crippen LogP contribution in [0, 0.1) is 0 Å². The molecule has 0 unspecified atom stereocenters. The van der Waals surface area contributed by atoms with E-state index >= 15 is 0 Å². The molecule has 0 bridgehead atoms. The third kappa shape index (κ3) is 5.95. The molecule has 11 aromatic carbocycles. The van der Waals surface area contributed by atoms with E-state index < -0.39 is 0 Å². The lowest BCUT2D eigenvalue weighted by atomic mass is 9.90. The van der Waals surface area contributed by atoms with Gasteiger partial charge in [-0.25, -0.2) is 0 Å². The smallest absolute Gasteiger partial charge is 0.00992 e. The van der Waals surface area contributed by atoms with Gasteiger partial charge in [-0.15, -0.1) is 0 Å². The van der Waals surface area contributed by atoms with Crippen LogP contribution in [0.3, 0.4) is 0 Å². The number of rotatable bonds is 6. The highest BCUT2D eigenvalue weighted by Gasteiger charge is 2.13. The normalized spacial score (nSPS) is 11.4. The van der Waals surface area contributed by atoms with Crippen LogP contribution in [0.15, 0.2) is 231 Å². The number of fused-ring (bicyclic) bond motifs is 4. The zero-order valence-electron chi connectivity index (χ0n) is 31.9. The third-order valence-electron chi connectivity index (χ3n) is 11.9. The number of benzene rings is 11. The standard InChI is InChI=1S/C58H38/c1-2-11-40(12-3-1)53-35-36-54(56-17-7-6-16-55(53)56)44-29-27-43(28-30-44)51-19-9-22-58-52(20-10-21-57(51)58)48-34-33-46-37-45(31-32-47(46)38-48)39-23-25-42(26-24-39)50-18-8-14-41-13-4-5-15-49(41)50/h1-38H. The van der Waals surface area contributed by atoms with Crippen molar-refractivity contribution in [3.05, 3.63) is 231 Å². The van der Waals surface area contributed by atoms with Crippen LogP contribution in [0.25, 0.3) is 110 Å². The van der Waals surface area contributed by atoms with E-state index in [9.17, 15) is 0 Å². The lowest BCUT2D eigenvalue weighted by molar-refractivity contribution is 1.61. The van der Waals surface area contributed by atoms with Crippen LogP contribution in [0.4, 0.5) is 0 Å². The van der Waals surface area contributed by atoms with Crippen molar-refractivity contribution in [3.8, 4) is 66.8 Å². The highest BCUT2D eigenvalue weighted by atomic mass is 14.2. The average Bonchev–Trinajstić information content (AvgIpc) is 3.30. The first kappa shape index (κ1) is 33.8. The zero-order chi connectivity index (χ0) is 38.4. The molecule has 0 aliphatic carbocycles. The van der Waals surface area contributed by atoms with Gasteiger partial charge in [0.15, 0.2) is 0 Å². The van der Waals surface area contributed by atoms with Gasteiger partial charge in [-0.1, -0.05) is 218 Å². The van der Waals surface area contributed by atoms with Crippen molar-refractivity contribution in [1.82, 2.24) is 0 Å². The van der Waals surface area contributed by atoms with Crippen LogP contribution in [-0.4, -0.2) is 0 Å². The molecular formula is C58H38. The minimum atomic E-state index is 1.22. The van der Waals surface area contributed by atoms with Gasteiger partial charge < -0.3 is 0 Å². The van der Waals surface area contributed by atoms with E-state index in [-0.39, 0.29) is 0 Å². The maximum absolute atomic E-state index is 2.34. The summed E-state index contributed by atoms with van der Waals surface area (Å²) in [5.74, 6) is 0. The summed E-state index contributed by atoms with van der Waals surface area (Å²) >= 11 is 0. The van der Waals surface area contributed by atoms with E-state index in [2.05, 4.69) is 231 Å². The topological polar surface area (TPSA) is 0 Å². The van der Waals surface area contributed by atoms with Crippen LogP contribution < -0.4 is 0 Å². The first-order valence-corrected chi connectivity index (χ1v) is 20.1. The summed E-state index contributed by atoms with van der Waals surface area (Å²) in [6, 6.07) is 84.4. The van der Waals surface area contributed by atoms with E-state index in [0.717, 1.165) is 0 Å². The second-order valence-corrected chi connectivity index (χ2v) is 15.2. The minimum Gasteiger partial charge on any atom is -0.0622 e. The molecule has 0 spiro atoms. The lowest BCUT2D eigenvalue weighted by Gasteiger charge is -2.14. The van der Waals surface area contributed by atoms with Crippen LogP contribution >= 0.6 is 0 Å². The number of hydrogen-bond acceptors (Lipinski definition) is 0. The molecule has 0 heteroatoms. The molecular weight excluding hydrogens is 697 g/mol. The Morgan fingerprint density at radius 3 is 1.09 bits per heavy atom. The molecule has 270 valence electrons. The van der Waals surface area contributed by atoms with Crippen LogP contribution in [0.5, 0.6) is 0 Å². The van der Waals surface area contributed by atoms with E-state index in [1.165, 1.54) is 110 Å². The van der Waals surface area contributed by atoms with Crippen molar-refractivity contribution in [2.24, 2.45) is 0 Å². The maximum Gasteiger partial charge on any atom is -0.00992 e. The number of hydrogen-bond donors (Lipinski definition) is 0. The molecule has 0 heterocycles. The van der Waals surface area contributed by atoms with Gasteiger partial charge in [0.05, 0.1) is 0 Å². The van der Waals surface area contributed by atoms with Gasteiger partial charge in [0.25, 0.3) is 0 Å². The Balaban J connectivity index is 0.892. The van der Waals surface area contributed by atoms with Gasteiger partial charge in [0.2, 0.25) is 0 Å². The van der Waals surface area contributed by atoms with Crippen molar-refractivity contribution in [2.75, 3.05) is 0 Å². The highest BCUT2D eigenvalue weighted by Crippen LogP contribution is 2.40. The van der Waals surface area contributed by atoms with Gasteiger partial charge in [-0.3, -0.25) is 0 Å². The van der Waals surface area contributed by atoms with Crippen molar-refractivity contribution in [2.45, 2.75) is 0 Å². The van der Waals surface area contributed by atoms with Crippen LogP contribution in [0.1, 0.15) is 0 Å². The Labute approximate surface area is 339 Å². The van der Waals surface area contributed by atoms with Crippen LogP contribution in [-0.2, 0) is 0 Å². The Kier molecular flexibility index (Phi) is 8.26. The van der Waals surface area contributed by atoms with Gasteiger partial charge in [0, 0.05) is 0 Å². The average molecular weight is 735 g/mol. The SMILES string of the molecule is c1ccc(-c2ccc(-c3ccc(-c4cccc5c(-c6ccc7cc(-c8ccc(-c9cccc%10ccccc9%10)cc8)ccc7c6)cccc45)cc3)c3ccccc23)cc1. The van der Waals surface area contributed by atoms with Gasteiger partial charge in [-0.2, -0.15) is 0 Å². The molecule has 0 atom stereocenters. The molecule has 0 aromatic heterocycles. The second kappa shape index (κ2) is 14.2. The summed E-state index contributed by atoms with van der Waals surface area (Å²) in [6.45, 7) is 0. The van der Waals surface area contributed by atoms with Gasteiger partial charge in [0.1, 0.15) is 0 Å². The highest BCUT2D eigenvalue weighted by molar-refractivity contribution is 6.07. The Morgan fingerprint density at radius 2 is 0.500 bits per heavy atom. The predicted octanol–water partition coefficient (Wildman–Crippen LogP) is 16.3. The van der Waals surface area contributed by atoms with E-state index in [4.69, 9.17) is 0 Å². The third-order valence-corrected chi connectivity index (χ3v) is 11.9. The molecule has 0 amide bonds. The second-order valence-electron chi connectivity index (χ2n) is 15.2. The molecule has 0 aliphatic heterocycles. The summed E-state index contributed by atoms with van der Waals surface area (Å²) in [5.41, 5.74) is 14.9. The molecule has 11 aromatic rings. The van der Waals surface area contributed by atoms with E-state index in [0.29, 0.717) is 0 Å². The molecule has 0 radical (unpaired) electrons. The molecule has 0 N–H and O–H groups in total. The van der Waals surface area contributed by atoms with Crippen molar-refractivity contribution < 1.29 is 0 Å². The quantitative estimate of drug-likeness (QED) is 0.160. The Morgan fingerprint density at radius 1 is 0.155 bits per heavy atom. The van der Waals surface area contributed by atoms with E-state index in [1.807, 2.05) is 0 Å².